The molecular formula is C17H17N5O3S3. The molecule has 3 aromatic rings. The third-order valence-corrected chi connectivity index (χ3v) is 6.37. The monoisotopic (exact) mass is 435 g/mol. The fraction of sp³-hybridized carbons (Fsp3) is 0.118. The van der Waals surface area contributed by atoms with Crippen LogP contribution in [0.4, 0.5) is 16.5 Å². The number of sulfonamides is 1. The summed E-state index contributed by atoms with van der Waals surface area (Å²) in [5.41, 5.74) is 2.43. The molecule has 0 aliphatic carbocycles. The van der Waals surface area contributed by atoms with E-state index in [1.807, 2.05) is 31.2 Å². The minimum atomic E-state index is -3.82. The highest BCUT2D eigenvalue weighted by Gasteiger charge is 2.11. The normalized spacial score (nSPS) is 11.2. The average molecular weight is 436 g/mol. The zero-order chi connectivity index (χ0) is 20.1. The predicted molar refractivity (Wildman–Crippen MR) is 112 cm³/mol. The second kappa shape index (κ2) is 8.69. The fourth-order valence-electron chi connectivity index (χ4n) is 2.15. The topological polar surface area (TPSA) is 127 Å². The molecule has 0 spiro atoms. The van der Waals surface area contributed by atoms with Crippen molar-refractivity contribution in [3.05, 3.63) is 54.1 Å². The molecule has 0 radical (unpaired) electrons. The van der Waals surface area contributed by atoms with E-state index in [0.717, 1.165) is 5.69 Å². The number of anilines is 3. The molecule has 0 saturated heterocycles. The smallest absolute Gasteiger partial charge is 0.238 e. The van der Waals surface area contributed by atoms with Gasteiger partial charge in [0, 0.05) is 11.4 Å². The van der Waals surface area contributed by atoms with Gasteiger partial charge in [-0.05, 0) is 37.3 Å². The van der Waals surface area contributed by atoms with E-state index in [4.69, 9.17) is 5.14 Å². The number of nitrogens with one attached hydrogen (secondary N) is 2. The molecule has 0 aliphatic rings. The summed E-state index contributed by atoms with van der Waals surface area (Å²) in [6, 6.07) is 13.7. The maximum atomic E-state index is 12.1. The van der Waals surface area contributed by atoms with E-state index in [1.54, 1.807) is 6.07 Å². The Hall–Kier alpha value is -2.47. The minimum Gasteiger partial charge on any atom is -0.330 e. The first-order valence-corrected chi connectivity index (χ1v) is 11.4. The van der Waals surface area contributed by atoms with Gasteiger partial charge in [-0.15, -0.1) is 10.2 Å². The number of hydrogen-bond donors (Lipinski definition) is 3. The molecule has 2 aromatic carbocycles. The van der Waals surface area contributed by atoms with Crippen molar-refractivity contribution in [2.45, 2.75) is 16.2 Å². The molecule has 1 amide bonds. The summed E-state index contributed by atoms with van der Waals surface area (Å²) >= 11 is 2.58. The molecule has 0 bridgehead atoms. The van der Waals surface area contributed by atoms with Gasteiger partial charge >= 0.3 is 0 Å². The van der Waals surface area contributed by atoms with E-state index in [2.05, 4.69) is 20.8 Å². The molecular weight excluding hydrogens is 418 g/mol. The van der Waals surface area contributed by atoms with E-state index in [0.29, 0.717) is 15.2 Å². The van der Waals surface area contributed by atoms with E-state index in [1.165, 1.54) is 46.9 Å². The highest BCUT2D eigenvalue weighted by Crippen LogP contribution is 2.28. The molecule has 1 aromatic heterocycles. The van der Waals surface area contributed by atoms with Crippen molar-refractivity contribution in [2.24, 2.45) is 5.14 Å². The second-order valence-corrected chi connectivity index (χ2v) is 9.54. The van der Waals surface area contributed by atoms with Crippen molar-refractivity contribution in [1.29, 1.82) is 0 Å². The van der Waals surface area contributed by atoms with Gasteiger partial charge in [-0.3, -0.25) is 4.79 Å². The lowest BCUT2D eigenvalue weighted by atomic mass is 10.2. The van der Waals surface area contributed by atoms with Gasteiger partial charge in [0.25, 0.3) is 0 Å². The standard InChI is InChI=1S/C17H17N5O3S3/c1-11-5-7-12(8-6-11)20-16-21-22-17(27-16)26-10-15(23)19-13-3-2-4-14(9-13)28(18,24)25/h2-9H,10H2,1H3,(H,19,23)(H,20,21)(H2,18,24,25). The molecule has 146 valence electrons. The number of nitrogens with zero attached hydrogens (tertiary/aromatic N) is 2. The Morgan fingerprint density at radius 2 is 1.89 bits per heavy atom. The Labute approximate surface area is 170 Å². The molecule has 28 heavy (non-hydrogen) atoms. The predicted octanol–water partition coefficient (Wildman–Crippen LogP) is 2.97. The van der Waals surface area contributed by atoms with Gasteiger partial charge in [0.15, 0.2) is 4.34 Å². The van der Waals surface area contributed by atoms with Crippen molar-refractivity contribution in [2.75, 3.05) is 16.4 Å². The van der Waals surface area contributed by atoms with Crippen LogP contribution in [0, 0.1) is 6.92 Å². The lowest BCUT2D eigenvalue weighted by Gasteiger charge is -2.05. The lowest BCUT2D eigenvalue weighted by molar-refractivity contribution is -0.113. The van der Waals surface area contributed by atoms with Gasteiger partial charge in [0.05, 0.1) is 10.6 Å². The second-order valence-electron chi connectivity index (χ2n) is 5.77. The van der Waals surface area contributed by atoms with Crippen LogP contribution in [0.5, 0.6) is 0 Å². The van der Waals surface area contributed by atoms with E-state index >= 15 is 0 Å². The number of carbonyl (C=O) groups is 1. The number of hydrogen-bond acceptors (Lipinski definition) is 8. The molecule has 0 unspecified atom stereocenters. The largest absolute Gasteiger partial charge is 0.330 e. The Morgan fingerprint density at radius 3 is 2.61 bits per heavy atom. The lowest BCUT2D eigenvalue weighted by Crippen LogP contribution is -2.16. The molecule has 1 heterocycles. The zero-order valence-corrected chi connectivity index (χ0v) is 17.2. The van der Waals surface area contributed by atoms with Crippen LogP contribution < -0.4 is 15.8 Å². The number of primary sulfonamides is 1. The van der Waals surface area contributed by atoms with Crippen LogP contribution in [0.3, 0.4) is 0 Å². The number of carbonyl (C=O) groups excluding carboxylic acids is 1. The Bertz CT molecular complexity index is 1080. The third kappa shape index (κ3) is 5.76. The number of aryl methyl sites for hydroxylation is 1. The maximum Gasteiger partial charge on any atom is 0.238 e. The van der Waals surface area contributed by atoms with Crippen LogP contribution in [0.1, 0.15) is 5.56 Å². The molecule has 0 aliphatic heterocycles. The number of amides is 1. The molecule has 0 saturated carbocycles. The van der Waals surface area contributed by atoms with Crippen LogP contribution in [-0.4, -0.2) is 30.3 Å². The van der Waals surface area contributed by atoms with Gasteiger partial charge in [0.1, 0.15) is 0 Å². The van der Waals surface area contributed by atoms with E-state index < -0.39 is 10.0 Å². The average Bonchev–Trinajstić information content (AvgIpc) is 3.09. The van der Waals surface area contributed by atoms with Crippen LogP contribution in [0.2, 0.25) is 0 Å². The summed E-state index contributed by atoms with van der Waals surface area (Å²) in [4.78, 5) is 12.0. The molecule has 0 fully saturated rings. The summed E-state index contributed by atoms with van der Waals surface area (Å²) in [5, 5.41) is 19.6. The van der Waals surface area contributed by atoms with Gasteiger partial charge in [0.2, 0.25) is 21.1 Å². The Kier molecular flexibility index (Phi) is 6.29. The summed E-state index contributed by atoms with van der Waals surface area (Å²) in [7, 11) is -3.82. The third-order valence-electron chi connectivity index (χ3n) is 3.48. The van der Waals surface area contributed by atoms with Gasteiger partial charge < -0.3 is 10.6 Å². The van der Waals surface area contributed by atoms with Crippen molar-refractivity contribution >= 4 is 55.5 Å². The Balaban J connectivity index is 1.54. The zero-order valence-electron chi connectivity index (χ0n) is 14.7. The summed E-state index contributed by atoms with van der Waals surface area (Å²) in [6.45, 7) is 2.01. The van der Waals surface area contributed by atoms with E-state index in [9.17, 15) is 13.2 Å². The van der Waals surface area contributed by atoms with Crippen LogP contribution in [0.15, 0.2) is 57.8 Å². The number of benzene rings is 2. The molecule has 8 nitrogen and oxygen atoms in total. The number of aromatic nitrogens is 2. The quantitative estimate of drug-likeness (QED) is 0.487. The molecule has 4 N–H and O–H groups in total. The van der Waals surface area contributed by atoms with Crippen LogP contribution in [0.25, 0.3) is 0 Å². The van der Waals surface area contributed by atoms with Crippen LogP contribution in [-0.2, 0) is 14.8 Å². The van der Waals surface area contributed by atoms with Crippen LogP contribution >= 0.6 is 23.1 Å². The summed E-state index contributed by atoms with van der Waals surface area (Å²) in [6.07, 6.45) is 0. The van der Waals surface area contributed by atoms with Gasteiger partial charge in [-0.2, -0.15) is 0 Å². The highest BCUT2D eigenvalue weighted by molar-refractivity contribution is 8.01. The van der Waals surface area contributed by atoms with Crippen molar-refractivity contribution in [1.82, 2.24) is 10.2 Å². The Morgan fingerprint density at radius 1 is 1.14 bits per heavy atom. The first kappa shape index (κ1) is 20.3. The van der Waals surface area contributed by atoms with Gasteiger partial charge in [-0.25, -0.2) is 13.6 Å². The summed E-state index contributed by atoms with van der Waals surface area (Å²) < 4.78 is 23.4. The summed E-state index contributed by atoms with van der Waals surface area (Å²) in [5.74, 6) is -0.182. The van der Waals surface area contributed by atoms with Crippen molar-refractivity contribution < 1.29 is 13.2 Å². The molecule has 11 heteroatoms. The molecule has 3 rings (SSSR count). The fourth-order valence-corrected chi connectivity index (χ4v) is 4.29. The molecule has 0 atom stereocenters. The van der Waals surface area contributed by atoms with Crippen molar-refractivity contribution in [3.8, 4) is 0 Å². The number of thioether (sulfide) groups is 1. The van der Waals surface area contributed by atoms with Crippen molar-refractivity contribution in [3.63, 3.8) is 0 Å². The number of nitrogens with two attached hydrogens (primary N) is 1. The van der Waals surface area contributed by atoms with E-state index in [-0.39, 0.29) is 16.6 Å². The maximum absolute atomic E-state index is 12.1. The number of rotatable bonds is 7. The minimum absolute atomic E-state index is 0.0612. The first-order valence-electron chi connectivity index (χ1n) is 8.02. The SMILES string of the molecule is Cc1ccc(Nc2nnc(SCC(=O)Nc3cccc(S(N)(=O)=O)c3)s2)cc1. The highest BCUT2D eigenvalue weighted by atomic mass is 32.2. The van der Waals surface area contributed by atoms with Gasteiger partial charge in [-0.1, -0.05) is 46.9 Å². The first-order chi connectivity index (χ1) is 13.3.